The van der Waals surface area contributed by atoms with E-state index in [1.54, 1.807) is 6.07 Å². The molecule has 114 valence electrons. The molecule has 1 aliphatic carbocycles. The summed E-state index contributed by atoms with van der Waals surface area (Å²) < 4.78 is 5.52. The smallest absolute Gasteiger partial charge is 0.261 e. The molecule has 1 heterocycles. The number of thiophene rings is 1. The third-order valence-electron chi connectivity index (χ3n) is 3.08. The second kappa shape index (κ2) is 8.83. The van der Waals surface area contributed by atoms with Gasteiger partial charge in [-0.15, -0.1) is 11.3 Å². The van der Waals surface area contributed by atoms with Crippen molar-refractivity contribution in [1.29, 1.82) is 0 Å². The molecule has 0 unspecified atom stereocenters. The predicted molar refractivity (Wildman–Crippen MR) is 83.4 cm³/mol. The van der Waals surface area contributed by atoms with Gasteiger partial charge in [-0.25, -0.2) is 0 Å². The zero-order chi connectivity index (χ0) is 14.9. The zero-order valence-corrected chi connectivity index (χ0v) is 12.9. The number of amides is 1. The highest BCUT2D eigenvalue weighted by Gasteiger charge is 2.20. The maximum atomic E-state index is 11.9. The summed E-state index contributed by atoms with van der Waals surface area (Å²) in [6.45, 7) is 2.27. The van der Waals surface area contributed by atoms with Crippen molar-refractivity contribution in [2.45, 2.75) is 25.7 Å². The average Bonchev–Trinajstić information content (AvgIpc) is 3.19. The van der Waals surface area contributed by atoms with Crippen LogP contribution < -0.4 is 5.32 Å². The van der Waals surface area contributed by atoms with Gasteiger partial charge in [0, 0.05) is 26.2 Å². The Bertz CT molecular complexity index is 511. The number of aliphatic hydroxyl groups excluding tert-OH is 1. The second-order valence-corrected chi connectivity index (χ2v) is 6.15. The van der Waals surface area contributed by atoms with E-state index in [2.05, 4.69) is 17.2 Å². The van der Waals surface area contributed by atoms with Crippen LogP contribution in [0.2, 0.25) is 0 Å². The Balaban J connectivity index is 1.62. The van der Waals surface area contributed by atoms with E-state index in [0.717, 1.165) is 23.8 Å². The van der Waals surface area contributed by atoms with Crippen molar-refractivity contribution in [3.05, 3.63) is 21.9 Å². The molecule has 1 saturated carbocycles. The third-order valence-corrected chi connectivity index (χ3v) is 4.08. The van der Waals surface area contributed by atoms with Gasteiger partial charge >= 0.3 is 0 Å². The van der Waals surface area contributed by atoms with Crippen LogP contribution >= 0.6 is 11.3 Å². The molecule has 1 aliphatic rings. The summed E-state index contributed by atoms with van der Waals surface area (Å²) in [7, 11) is 0. The van der Waals surface area contributed by atoms with Crippen molar-refractivity contribution in [2.75, 3.05) is 26.4 Å². The summed E-state index contributed by atoms with van der Waals surface area (Å²) in [5.41, 5.74) is 0. The van der Waals surface area contributed by atoms with Crippen molar-refractivity contribution < 1.29 is 14.6 Å². The number of rotatable bonds is 8. The van der Waals surface area contributed by atoms with E-state index in [9.17, 15) is 4.79 Å². The van der Waals surface area contributed by atoms with E-state index in [-0.39, 0.29) is 12.5 Å². The summed E-state index contributed by atoms with van der Waals surface area (Å²) in [4.78, 5) is 13.4. The number of hydrogen-bond donors (Lipinski definition) is 2. The van der Waals surface area contributed by atoms with E-state index in [4.69, 9.17) is 9.84 Å². The van der Waals surface area contributed by atoms with E-state index in [0.29, 0.717) is 24.4 Å². The normalized spacial score (nSPS) is 13.6. The fourth-order valence-electron chi connectivity index (χ4n) is 1.73. The molecular formula is C16H21NO3S. The number of ether oxygens (including phenoxy) is 1. The minimum atomic E-state index is -0.0580. The number of nitrogens with one attached hydrogen (secondary N) is 1. The number of aliphatic hydroxyl groups is 1. The van der Waals surface area contributed by atoms with Gasteiger partial charge in [0.05, 0.1) is 16.4 Å². The van der Waals surface area contributed by atoms with E-state index in [1.165, 1.54) is 24.2 Å². The third kappa shape index (κ3) is 6.30. The Kier molecular flexibility index (Phi) is 6.74. The Hall–Kier alpha value is -1.35. The van der Waals surface area contributed by atoms with Gasteiger partial charge in [-0.2, -0.15) is 0 Å². The Labute approximate surface area is 129 Å². The lowest BCUT2D eigenvalue weighted by molar-refractivity contribution is 0.0941. The first-order valence-corrected chi connectivity index (χ1v) is 8.16. The monoisotopic (exact) mass is 307 g/mol. The number of carbonyl (C=O) groups is 1. The lowest BCUT2D eigenvalue weighted by Crippen LogP contribution is -2.24. The highest BCUT2D eigenvalue weighted by molar-refractivity contribution is 7.14. The molecule has 1 fully saturated rings. The van der Waals surface area contributed by atoms with Crippen LogP contribution in [0.5, 0.6) is 0 Å². The second-order valence-electron chi connectivity index (χ2n) is 5.07. The maximum Gasteiger partial charge on any atom is 0.261 e. The lowest BCUT2D eigenvalue weighted by atomic mass is 10.3. The SMILES string of the molecule is O=C(NCCCOCC1CC1)c1ccc(C#CCCO)s1. The summed E-state index contributed by atoms with van der Waals surface area (Å²) in [5.74, 6) is 6.51. The Morgan fingerprint density at radius 1 is 1.48 bits per heavy atom. The Morgan fingerprint density at radius 3 is 3.10 bits per heavy atom. The molecule has 0 saturated heterocycles. The molecule has 4 nitrogen and oxygen atoms in total. The van der Waals surface area contributed by atoms with Crippen molar-refractivity contribution in [2.24, 2.45) is 5.92 Å². The molecule has 2 N–H and O–H groups in total. The van der Waals surface area contributed by atoms with Crippen LogP contribution in [0.1, 0.15) is 40.2 Å². The summed E-state index contributed by atoms with van der Waals surface area (Å²) >= 11 is 1.37. The van der Waals surface area contributed by atoms with Gasteiger partial charge in [0.15, 0.2) is 0 Å². The molecule has 0 atom stereocenters. The minimum absolute atomic E-state index is 0.0580. The van der Waals surface area contributed by atoms with E-state index < -0.39 is 0 Å². The number of carbonyl (C=O) groups excluding carboxylic acids is 1. The van der Waals surface area contributed by atoms with Crippen molar-refractivity contribution in [3.8, 4) is 11.8 Å². The molecule has 0 bridgehead atoms. The van der Waals surface area contributed by atoms with Crippen LogP contribution in [-0.4, -0.2) is 37.4 Å². The highest BCUT2D eigenvalue weighted by atomic mass is 32.1. The fraction of sp³-hybridized carbons (Fsp3) is 0.562. The van der Waals surface area contributed by atoms with Gasteiger partial charge < -0.3 is 15.2 Å². The molecule has 5 heteroatoms. The largest absolute Gasteiger partial charge is 0.395 e. The molecule has 0 spiro atoms. The topological polar surface area (TPSA) is 58.6 Å². The average molecular weight is 307 g/mol. The Morgan fingerprint density at radius 2 is 2.33 bits per heavy atom. The maximum absolute atomic E-state index is 11.9. The van der Waals surface area contributed by atoms with Crippen LogP contribution in [0.15, 0.2) is 12.1 Å². The van der Waals surface area contributed by atoms with Gasteiger partial charge in [-0.1, -0.05) is 11.8 Å². The van der Waals surface area contributed by atoms with Crippen LogP contribution in [0.4, 0.5) is 0 Å². The van der Waals surface area contributed by atoms with Crippen molar-refractivity contribution >= 4 is 17.2 Å². The molecular weight excluding hydrogens is 286 g/mol. The molecule has 0 aromatic carbocycles. The molecule has 21 heavy (non-hydrogen) atoms. The quantitative estimate of drug-likeness (QED) is 0.571. The predicted octanol–water partition coefficient (Wildman–Crippen LogP) is 2.03. The van der Waals surface area contributed by atoms with Crippen LogP contribution in [-0.2, 0) is 4.74 Å². The molecule has 1 aromatic heterocycles. The first kappa shape index (κ1) is 16.0. The van der Waals surface area contributed by atoms with Gasteiger partial charge in [-0.05, 0) is 37.3 Å². The summed E-state index contributed by atoms with van der Waals surface area (Å²) in [5, 5.41) is 11.5. The summed E-state index contributed by atoms with van der Waals surface area (Å²) in [6.07, 6.45) is 3.91. The lowest BCUT2D eigenvalue weighted by Gasteiger charge is -2.04. The van der Waals surface area contributed by atoms with Gasteiger partial charge in [0.2, 0.25) is 0 Å². The molecule has 0 aliphatic heterocycles. The van der Waals surface area contributed by atoms with Crippen LogP contribution in [0.25, 0.3) is 0 Å². The minimum Gasteiger partial charge on any atom is -0.395 e. The van der Waals surface area contributed by atoms with Crippen molar-refractivity contribution in [3.63, 3.8) is 0 Å². The van der Waals surface area contributed by atoms with E-state index in [1.807, 2.05) is 6.07 Å². The molecule has 1 aromatic rings. The van der Waals surface area contributed by atoms with Crippen molar-refractivity contribution in [1.82, 2.24) is 5.32 Å². The molecule has 2 rings (SSSR count). The highest BCUT2D eigenvalue weighted by Crippen LogP contribution is 2.28. The van der Waals surface area contributed by atoms with Crippen LogP contribution in [0, 0.1) is 17.8 Å². The standard InChI is InChI=1S/C16H21NO3S/c18-10-2-1-4-14-7-8-15(21-14)16(19)17-9-3-11-20-12-13-5-6-13/h7-8,13,18H,2-3,5-6,9-12H2,(H,17,19). The molecule has 1 amide bonds. The van der Waals surface area contributed by atoms with Gasteiger partial charge in [-0.3, -0.25) is 4.79 Å². The first-order valence-electron chi connectivity index (χ1n) is 7.35. The first-order chi connectivity index (χ1) is 10.3. The summed E-state index contributed by atoms with van der Waals surface area (Å²) in [6, 6.07) is 3.62. The number of hydrogen-bond acceptors (Lipinski definition) is 4. The molecule has 0 radical (unpaired) electrons. The van der Waals surface area contributed by atoms with E-state index >= 15 is 0 Å². The van der Waals surface area contributed by atoms with Gasteiger partial charge in [0.1, 0.15) is 0 Å². The van der Waals surface area contributed by atoms with Crippen LogP contribution in [0.3, 0.4) is 0 Å². The zero-order valence-electron chi connectivity index (χ0n) is 12.1. The fourth-order valence-corrected chi connectivity index (χ4v) is 2.53. The van der Waals surface area contributed by atoms with Gasteiger partial charge in [0.25, 0.3) is 5.91 Å².